The van der Waals surface area contributed by atoms with Crippen LogP contribution < -0.4 is 5.32 Å². The number of carbonyl (C=O) groups excluding carboxylic acids is 3. The lowest BCUT2D eigenvalue weighted by Crippen LogP contribution is -2.53. The minimum Gasteiger partial charge on any atom is -0.453 e. The van der Waals surface area contributed by atoms with Crippen molar-refractivity contribution in [3.8, 4) is 10.4 Å². The second-order valence-electron chi connectivity index (χ2n) is 8.57. The zero-order valence-corrected chi connectivity index (χ0v) is 19.8. The Morgan fingerprint density at radius 3 is 2.64 bits per heavy atom. The van der Waals surface area contributed by atoms with E-state index in [4.69, 9.17) is 0 Å². The van der Waals surface area contributed by atoms with E-state index in [2.05, 4.69) is 27.2 Å². The van der Waals surface area contributed by atoms with Crippen molar-refractivity contribution in [2.75, 3.05) is 13.7 Å². The smallest absolute Gasteiger partial charge is 0.407 e. The predicted octanol–water partition coefficient (Wildman–Crippen LogP) is 3.55. The van der Waals surface area contributed by atoms with Crippen LogP contribution >= 0.6 is 11.3 Å². The summed E-state index contributed by atoms with van der Waals surface area (Å²) in [5.74, 6) is -0.410. The van der Waals surface area contributed by atoms with Crippen molar-refractivity contribution in [3.05, 3.63) is 48.4 Å². The van der Waals surface area contributed by atoms with Crippen LogP contribution in [0.1, 0.15) is 32.4 Å². The van der Waals surface area contributed by atoms with Crippen LogP contribution in [0.15, 0.2) is 42.7 Å². The number of nitrogens with zero attached hydrogens (tertiary/aromatic N) is 3. The first-order chi connectivity index (χ1) is 15.9. The molecule has 1 aliphatic rings. The number of nitrogens with one attached hydrogen (secondary N) is 1. The van der Waals surface area contributed by atoms with Crippen LogP contribution in [0.3, 0.4) is 0 Å². The number of ether oxygens (including phenoxy) is 1. The fraction of sp³-hybridized carbons (Fsp3) is 0.417. The largest absolute Gasteiger partial charge is 0.453 e. The quantitative estimate of drug-likeness (QED) is 0.573. The van der Waals surface area contributed by atoms with Gasteiger partial charge in [0.05, 0.1) is 30.1 Å². The number of rotatable bonds is 7. The van der Waals surface area contributed by atoms with Gasteiger partial charge in [-0.3, -0.25) is 14.0 Å². The van der Waals surface area contributed by atoms with Crippen molar-refractivity contribution in [1.82, 2.24) is 19.6 Å². The van der Waals surface area contributed by atoms with Gasteiger partial charge in [-0.1, -0.05) is 55.5 Å². The van der Waals surface area contributed by atoms with Crippen LogP contribution in [0, 0.1) is 5.92 Å². The van der Waals surface area contributed by atoms with Crippen LogP contribution in [-0.4, -0.2) is 57.8 Å². The Morgan fingerprint density at radius 1 is 1.21 bits per heavy atom. The molecule has 2 amide bonds. The molecule has 0 saturated carbocycles. The Bertz CT molecular complexity index is 1120. The lowest BCUT2D eigenvalue weighted by Gasteiger charge is -2.30. The number of hydrogen-bond acceptors (Lipinski definition) is 6. The van der Waals surface area contributed by atoms with Gasteiger partial charge in [0.2, 0.25) is 5.91 Å². The molecule has 3 aromatic rings. The van der Waals surface area contributed by atoms with Crippen LogP contribution in [0.25, 0.3) is 15.4 Å². The highest BCUT2D eigenvalue weighted by Gasteiger charge is 2.38. The van der Waals surface area contributed by atoms with Gasteiger partial charge in [-0.25, -0.2) is 9.78 Å². The number of fused-ring (bicyclic) bond motifs is 1. The molecule has 8 nitrogen and oxygen atoms in total. The van der Waals surface area contributed by atoms with E-state index in [1.165, 1.54) is 7.11 Å². The first-order valence-corrected chi connectivity index (χ1v) is 11.9. The standard InChI is InChI=1S/C24H28N4O4S/c1-15(2)21(26-24(31)32-3)22(30)28-11-7-10-18(28)19(29)12-17-13-27-14-20(33-23(27)25-17)16-8-5-4-6-9-16/h4-6,8-9,13-15,18,21H,7,10-12H2,1-3H3,(H,26,31)/t18-,21-/m0/s1. The van der Waals surface area contributed by atoms with E-state index in [1.807, 2.05) is 48.8 Å². The second kappa shape index (κ2) is 9.74. The van der Waals surface area contributed by atoms with Gasteiger partial charge in [-0.15, -0.1) is 0 Å². The molecular formula is C24H28N4O4S. The van der Waals surface area contributed by atoms with Gasteiger partial charge in [-0.2, -0.15) is 0 Å². The zero-order chi connectivity index (χ0) is 23.5. The summed E-state index contributed by atoms with van der Waals surface area (Å²) in [5.41, 5.74) is 1.82. The fourth-order valence-corrected chi connectivity index (χ4v) is 5.20. The summed E-state index contributed by atoms with van der Waals surface area (Å²) in [6, 6.07) is 8.86. The molecule has 1 aliphatic heterocycles. The molecule has 2 aromatic heterocycles. The normalized spacial score (nSPS) is 16.8. The highest BCUT2D eigenvalue weighted by molar-refractivity contribution is 7.20. The number of thiazole rings is 1. The van der Waals surface area contributed by atoms with Crippen LogP contribution in [0.5, 0.6) is 0 Å². The Hall–Kier alpha value is -3.20. The van der Waals surface area contributed by atoms with E-state index in [-0.39, 0.29) is 24.0 Å². The summed E-state index contributed by atoms with van der Waals surface area (Å²) < 4.78 is 6.60. The zero-order valence-electron chi connectivity index (χ0n) is 19.0. The van der Waals surface area contributed by atoms with Crippen molar-refractivity contribution >= 4 is 34.1 Å². The number of methoxy groups -OCH3 is 1. The summed E-state index contributed by atoms with van der Waals surface area (Å²) in [4.78, 5) is 46.2. The number of aromatic nitrogens is 2. The van der Waals surface area contributed by atoms with Gasteiger partial charge in [0, 0.05) is 18.9 Å². The van der Waals surface area contributed by atoms with Gasteiger partial charge >= 0.3 is 6.09 Å². The van der Waals surface area contributed by atoms with E-state index in [0.29, 0.717) is 18.7 Å². The number of carbonyl (C=O) groups is 3. The molecule has 0 unspecified atom stereocenters. The maximum Gasteiger partial charge on any atom is 0.407 e. The average molecular weight is 469 g/mol. The number of imidazole rings is 1. The number of Topliss-reactive ketones (excluding diaryl/α,β-unsaturated/α-hetero) is 1. The van der Waals surface area contributed by atoms with Crippen molar-refractivity contribution in [1.29, 1.82) is 0 Å². The second-order valence-corrected chi connectivity index (χ2v) is 9.58. The Balaban J connectivity index is 1.46. The number of ketones is 1. The molecule has 33 heavy (non-hydrogen) atoms. The Labute approximate surface area is 196 Å². The van der Waals surface area contributed by atoms with Crippen molar-refractivity contribution in [3.63, 3.8) is 0 Å². The summed E-state index contributed by atoms with van der Waals surface area (Å²) >= 11 is 1.57. The highest BCUT2D eigenvalue weighted by Crippen LogP contribution is 2.29. The highest BCUT2D eigenvalue weighted by atomic mass is 32.1. The first-order valence-electron chi connectivity index (χ1n) is 11.1. The molecule has 2 atom stereocenters. The van der Waals surface area contributed by atoms with Crippen molar-refractivity contribution in [2.45, 2.75) is 45.2 Å². The molecule has 3 heterocycles. The SMILES string of the molecule is COC(=O)N[C@H](C(=O)N1CCC[C@H]1C(=O)Cc1cn2cc(-c3ccccc3)sc2n1)C(C)C. The van der Waals surface area contributed by atoms with Gasteiger partial charge < -0.3 is 15.0 Å². The van der Waals surface area contributed by atoms with Gasteiger partial charge in [-0.05, 0) is 24.3 Å². The number of likely N-dealkylation sites (tertiary alicyclic amines) is 1. The predicted molar refractivity (Wildman–Crippen MR) is 126 cm³/mol. The summed E-state index contributed by atoms with van der Waals surface area (Å²) in [6.07, 6.45) is 4.79. The molecule has 1 saturated heterocycles. The van der Waals surface area contributed by atoms with Crippen LogP contribution in [0.4, 0.5) is 4.79 Å². The number of benzene rings is 1. The molecule has 1 N–H and O–H groups in total. The lowest BCUT2D eigenvalue weighted by molar-refractivity contribution is -0.139. The molecule has 4 rings (SSSR count). The minimum absolute atomic E-state index is 0.0320. The Kier molecular flexibility index (Phi) is 6.78. The topological polar surface area (TPSA) is 93.0 Å². The fourth-order valence-electron chi connectivity index (χ4n) is 4.20. The maximum atomic E-state index is 13.2. The monoisotopic (exact) mass is 468 g/mol. The number of hydrogen-bond donors (Lipinski definition) is 1. The van der Waals surface area contributed by atoms with Crippen LogP contribution in [-0.2, 0) is 20.7 Å². The molecule has 0 aliphatic carbocycles. The lowest BCUT2D eigenvalue weighted by atomic mass is 10.0. The molecular weight excluding hydrogens is 440 g/mol. The van der Waals surface area contributed by atoms with Gasteiger partial charge in [0.1, 0.15) is 6.04 Å². The third-order valence-corrected chi connectivity index (χ3v) is 6.96. The van der Waals surface area contributed by atoms with Gasteiger partial charge in [0.15, 0.2) is 10.7 Å². The van der Waals surface area contributed by atoms with Crippen molar-refractivity contribution in [2.24, 2.45) is 5.92 Å². The van der Waals surface area contributed by atoms with E-state index < -0.39 is 18.2 Å². The molecule has 1 aromatic carbocycles. The molecule has 0 spiro atoms. The van der Waals surface area contributed by atoms with Crippen molar-refractivity contribution < 1.29 is 19.1 Å². The summed E-state index contributed by atoms with van der Waals surface area (Å²) in [5, 5.41) is 2.61. The number of alkyl carbamates (subject to hydrolysis) is 1. The van der Waals surface area contributed by atoms with E-state index in [1.54, 1.807) is 16.2 Å². The summed E-state index contributed by atoms with van der Waals surface area (Å²) in [7, 11) is 1.26. The van der Waals surface area contributed by atoms with E-state index in [9.17, 15) is 14.4 Å². The molecule has 1 fully saturated rings. The summed E-state index contributed by atoms with van der Waals surface area (Å²) in [6.45, 7) is 4.21. The van der Waals surface area contributed by atoms with Gasteiger partial charge in [0.25, 0.3) is 0 Å². The third kappa shape index (κ3) is 4.93. The third-order valence-electron chi connectivity index (χ3n) is 5.92. The van der Waals surface area contributed by atoms with E-state index >= 15 is 0 Å². The first kappa shape index (κ1) is 23.0. The average Bonchev–Trinajstić information content (AvgIpc) is 3.52. The minimum atomic E-state index is -0.736. The van der Waals surface area contributed by atoms with E-state index in [0.717, 1.165) is 21.8 Å². The molecule has 0 bridgehead atoms. The maximum absolute atomic E-state index is 13.2. The van der Waals surface area contributed by atoms with Crippen LogP contribution in [0.2, 0.25) is 0 Å². The molecule has 174 valence electrons. The molecule has 9 heteroatoms. The molecule has 0 radical (unpaired) electrons. The Morgan fingerprint density at radius 2 is 1.97 bits per heavy atom. The number of amides is 2.